The molecule has 0 radical (unpaired) electrons. The zero-order chi connectivity index (χ0) is 18.0. The third kappa shape index (κ3) is 3.38. The van der Waals surface area contributed by atoms with Gasteiger partial charge in [0.25, 0.3) is 5.91 Å². The molecule has 1 heterocycles. The molecule has 0 fully saturated rings. The Morgan fingerprint density at radius 2 is 1.84 bits per heavy atom. The fourth-order valence-electron chi connectivity index (χ4n) is 2.82. The van der Waals surface area contributed by atoms with Crippen LogP contribution in [-0.4, -0.2) is 28.9 Å². The van der Waals surface area contributed by atoms with Gasteiger partial charge in [0.15, 0.2) is 0 Å². The second-order valence-corrected chi connectivity index (χ2v) is 6.64. The SMILES string of the molecule is CC[C@@H](C)N(C)C(=O)c1cc2ccccc2c(-c2ccccc2Cl)n1. The van der Waals surface area contributed by atoms with Crippen molar-refractivity contribution in [3.05, 3.63) is 65.3 Å². The fourth-order valence-corrected chi connectivity index (χ4v) is 3.05. The summed E-state index contributed by atoms with van der Waals surface area (Å²) < 4.78 is 0. The van der Waals surface area contributed by atoms with Crippen LogP contribution in [0.5, 0.6) is 0 Å². The van der Waals surface area contributed by atoms with E-state index in [4.69, 9.17) is 16.6 Å². The number of hydrogen-bond donors (Lipinski definition) is 0. The Kier molecular flexibility index (Phi) is 5.05. The zero-order valence-corrected chi connectivity index (χ0v) is 15.4. The number of rotatable bonds is 4. The Balaban J connectivity index is 2.20. The molecule has 3 nitrogen and oxygen atoms in total. The number of carbonyl (C=O) groups excluding carboxylic acids is 1. The topological polar surface area (TPSA) is 33.2 Å². The molecule has 0 aliphatic carbocycles. The van der Waals surface area contributed by atoms with Crippen LogP contribution in [0.4, 0.5) is 0 Å². The minimum Gasteiger partial charge on any atom is -0.338 e. The van der Waals surface area contributed by atoms with Gasteiger partial charge in [-0.1, -0.05) is 61.0 Å². The Morgan fingerprint density at radius 3 is 2.56 bits per heavy atom. The average Bonchev–Trinajstić information content (AvgIpc) is 2.65. The van der Waals surface area contributed by atoms with Crippen LogP contribution < -0.4 is 0 Å². The van der Waals surface area contributed by atoms with Gasteiger partial charge in [0, 0.05) is 29.1 Å². The molecule has 25 heavy (non-hydrogen) atoms. The normalized spacial score (nSPS) is 12.2. The Morgan fingerprint density at radius 1 is 1.16 bits per heavy atom. The highest BCUT2D eigenvalue weighted by atomic mass is 35.5. The monoisotopic (exact) mass is 352 g/mol. The first-order valence-electron chi connectivity index (χ1n) is 8.44. The highest BCUT2D eigenvalue weighted by molar-refractivity contribution is 6.33. The van der Waals surface area contributed by atoms with Gasteiger partial charge < -0.3 is 4.90 Å². The molecule has 1 aromatic heterocycles. The third-order valence-corrected chi connectivity index (χ3v) is 4.99. The van der Waals surface area contributed by atoms with Crippen molar-refractivity contribution in [2.75, 3.05) is 7.05 Å². The van der Waals surface area contributed by atoms with Crippen LogP contribution in [0.25, 0.3) is 22.0 Å². The van der Waals surface area contributed by atoms with Gasteiger partial charge in [0.1, 0.15) is 5.69 Å². The molecule has 1 atom stereocenters. The molecular weight excluding hydrogens is 332 g/mol. The van der Waals surface area contributed by atoms with Crippen molar-refractivity contribution in [1.82, 2.24) is 9.88 Å². The molecule has 0 saturated carbocycles. The molecule has 3 aromatic rings. The summed E-state index contributed by atoms with van der Waals surface area (Å²) >= 11 is 6.39. The van der Waals surface area contributed by atoms with Gasteiger partial charge in [0.05, 0.1) is 5.69 Å². The van der Waals surface area contributed by atoms with E-state index in [2.05, 4.69) is 6.92 Å². The minimum absolute atomic E-state index is 0.0755. The highest BCUT2D eigenvalue weighted by Gasteiger charge is 2.20. The van der Waals surface area contributed by atoms with Crippen molar-refractivity contribution in [2.45, 2.75) is 26.3 Å². The molecule has 0 aliphatic heterocycles. The molecule has 0 bridgehead atoms. The number of carbonyl (C=O) groups is 1. The maximum Gasteiger partial charge on any atom is 0.272 e. The summed E-state index contributed by atoms with van der Waals surface area (Å²) in [7, 11) is 1.82. The maximum absolute atomic E-state index is 12.9. The van der Waals surface area contributed by atoms with Gasteiger partial charge in [0.2, 0.25) is 0 Å². The van der Waals surface area contributed by atoms with E-state index in [-0.39, 0.29) is 11.9 Å². The van der Waals surface area contributed by atoms with Gasteiger partial charge in [-0.2, -0.15) is 0 Å². The molecular formula is C21H21ClN2O. The molecule has 4 heteroatoms. The van der Waals surface area contributed by atoms with Crippen LogP contribution in [0.2, 0.25) is 5.02 Å². The van der Waals surface area contributed by atoms with Crippen molar-refractivity contribution in [2.24, 2.45) is 0 Å². The lowest BCUT2D eigenvalue weighted by atomic mass is 10.0. The third-order valence-electron chi connectivity index (χ3n) is 4.66. The van der Waals surface area contributed by atoms with E-state index < -0.39 is 0 Å². The summed E-state index contributed by atoms with van der Waals surface area (Å²) in [6.45, 7) is 4.10. The lowest BCUT2D eigenvalue weighted by Gasteiger charge is -2.24. The van der Waals surface area contributed by atoms with Crippen LogP contribution in [0.15, 0.2) is 54.6 Å². The number of amides is 1. The molecule has 0 saturated heterocycles. The lowest BCUT2D eigenvalue weighted by Crippen LogP contribution is -2.35. The average molecular weight is 353 g/mol. The largest absolute Gasteiger partial charge is 0.338 e. The summed E-state index contributed by atoms with van der Waals surface area (Å²) in [6.07, 6.45) is 0.896. The van der Waals surface area contributed by atoms with Gasteiger partial charge >= 0.3 is 0 Å². The predicted molar refractivity (Wildman–Crippen MR) is 104 cm³/mol. The van der Waals surface area contributed by atoms with E-state index in [9.17, 15) is 4.79 Å². The number of nitrogens with zero attached hydrogens (tertiary/aromatic N) is 2. The summed E-state index contributed by atoms with van der Waals surface area (Å²) in [5.41, 5.74) is 2.02. The van der Waals surface area contributed by atoms with E-state index in [0.717, 1.165) is 28.5 Å². The summed E-state index contributed by atoms with van der Waals surface area (Å²) in [6, 6.07) is 17.5. The molecule has 3 rings (SSSR count). The van der Waals surface area contributed by atoms with Crippen LogP contribution in [0.3, 0.4) is 0 Å². The molecule has 1 amide bonds. The van der Waals surface area contributed by atoms with E-state index in [1.807, 2.05) is 68.6 Å². The Labute approximate surface area is 153 Å². The van der Waals surface area contributed by atoms with Gasteiger partial charge in [-0.25, -0.2) is 4.98 Å². The highest BCUT2D eigenvalue weighted by Crippen LogP contribution is 2.32. The lowest BCUT2D eigenvalue weighted by molar-refractivity contribution is 0.0735. The number of aromatic nitrogens is 1. The first kappa shape index (κ1) is 17.4. The van der Waals surface area contributed by atoms with Crippen molar-refractivity contribution in [3.63, 3.8) is 0 Å². The fraction of sp³-hybridized carbons (Fsp3) is 0.238. The summed E-state index contributed by atoms with van der Waals surface area (Å²) in [4.78, 5) is 19.3. The standard InChI is InChI=1S/C21H21ClN2O/c1-4-14(2)24(3)21(25)19-13-15-9-5-6-10-16(15)20(23-19)17-11-7-8-12-18(17)22/h5-14H,4H2,1-3H3/t14-/m1/s1. The minimum atomic E-state index is -0.0755. The maximum atomic E-state index is 12.9. The van der Waals surface area contributed by atoms with Crippen molar-refractivity contribution >= 4 is 28.3 Å². The Bertz CT molecular complexity index is 923. The molecule has 0 N–H and O–H groups in total. The number of halogens is 1. The van der Waals surface area contributed by atoms with E-state index in [1.165, 1.54) is 0 Å². The molecule has 0 spiro atoms. The molecule has 2 aromatic carbocycles. The number of hydrogen-bond acceptors (Lipinski definition) is 2. The molecule has 0 unspecified atom stereocenters. The summed E-state index contributed by atoms with van der Waals surface area (Å²) in [5.74, 6) is -0.0755. The van der Waals surface area contributed by atoms with Crippen molar-refractivity contribution in [1.29, 1.82) is 0 Å². The molecule has 128 valence electrons. The summed E-state index contributed by atoms with van der Waals surface area (Å²) in [5, 5.41) is 2.59. The van der Waals surface area contributed by atoms with Crippen LogP contribution in [-0.2, 0) is 0 Å². The number of benzene rings is 2. The molecule has 0 aliphatic rings. The first-order valence-corrected chi connectivity index (χ1v) is 8.82. The van der Waals surface area contributed by atoms with Gasteiger partial charge in [-0.15, -0.1) is 0 Å². The van der Waals surface area contributed by atoms with E-state index >= 15 is 0 Å². The van der Waals surface area contributed by atoms with Gasteiger partial charge in [-0.05, 0) is 30.9 Å². The zero-order valence-electron chi connectivity index (χ0n) is 14.7. The van der Waals surface area contributed by atoms with E-state index in [1.54, 1.807) is 4.90 Å². The number of pyridine rings is 1. The Hall–Kier alpha value is -2.39. The first-order chi connectivity index (χ1) is 12.0. The van der Waals surface area contributed by atoms with Crippen LogP contribution in [0.1, 0.15) is 30.8 Å². The van der Waals surface area contributed by atoms with E-state index in [0.29, 0.717) is 10.7 Å². The number of fused-ring (bicyclic) bond motifs is 1. The van der Waals surface area contributed by atoms with Crippen molar-refractivity contribution < 1.29 is 4.79 Å². The smallest absolute Gasteiger partial charge is 0.272 e. The second-order valence-electron chi connectivity index (χ2n) is 6.23. The van der Waals surface area contributed by atoms with Crippen molar-refractivity contribution in [3.8, 4) is 11.3 Å². The predicted octanol–water partition coefficient (Wildman–Crippen LogP) is 5.43. The second kappa shape index (κ2) is 7.24. The van der Waals surface area contributed by atoms with Gasteiger partial charge in [-0.3, -0.25) is 4.79 Å². The van der Waals surface area contributed by atoms with Crippen LogP contribution >= 0.6 is 11.6 Å². The van der Waals surface area contributed by atoms with Crippen LogP contribution in [0, 0.1) is 0 Å². The quantitative estimate of drug-likeness (QED) is 0.627.